The smallest absolute Gasteiger partial charge is 0.224 e. The quantitative estimate of drug-likeness (QED) is 0.683. The summed E-state index contributed by atoms with van der Waals surface area (Å²) in [6, 6.07) is 2.27. The molecule has 0 aromatic heterocycles. The number of nitrogens with two attached hydrogens (primary N) is 1. The third-order valence-corrected chi connectivity index (χ3v) is 2.81. The maximum atomic E-state index is 11.5. The van der Waals surface area contributed by atoms with Crippen LogP contribution in [0.25, 0.3) is 0 Å². The first-order valence-corrected chi connectivity index (χ1v) is 5.09. The minimum atomic E-state index is -0.157. The third kappa shape index (κ3) is 2.46. The van der Waals surface area contributed by atoms with Gasteiger partial charge in [-0.3, -0.25) is 4.79 Å². The SMILES string of the molecule is CC(CN)C(=O)NC1CCCC1C#N. The van der Waals surface area contributed by atoms with Gasteiger partial charge in [-0.25, -0.2) is 0 Å². The average molecular weight is 195 g/mol. The van der Waals surface area contributed by atoms with Crippen molar-refractivity contribution in [3.8, 4) is 6.07 Å². The van der Waals surface area contributed by atoms with Gasteiger partial charge in [-0.15, -0.1) is 0 Å². The first-order valence-electron chi connectivity index (χ1n) is 5.09. The van der Waals surface area contributed by atoms with E-state index in [0.29, 0.717) is 6.54 Å². The molecule has 78 valence electrons. The summed E-state index contributed by atoms with van der Waals surface area (Å²) < 4.78 is 0. The zero-order chi connectivity index (χ0) is 10.6. The Hall–Kier alpha value is -1.08. The van der Waals surface area contributed by atoms with E-state index in [4.69, 9.17) is 11.0 Å². The van der Waals surface area contributed by atoms with Crippen molar-refractivity contribution in [2.75, 3.05) is 6.54 Å². The Kier molecular flexibility index (Phi) is 3.90. The molecule has 1 amide bonds. The van der Waals surface area contributed by atoms with Crippen LogP contribution in [0, 0.1) is 23.2 Å². The van der Waals surface area contributed by atoms with Gasteiger partial charge >= 0.3 is 0 Å². The highest BCUT2D eigenvalue weighted by molar-refractivity contribution is 5.78. The van der Waals surface area contributed by atoms with Crippen LogP contribution in [0.15, 0.2) is 0 Å². The fourth-order valence-corrected chi connectivity index (χ4v) is 1.72. The molecule has 0 aliphatic heterocycles. The van der Waals surface area contributed by atoms with Crippen molar-refractivity contribution in [3.63, 3.8) is 0 Å². The third-order valence-electron chi connectivity index (χ3n) is 2.81. The first-order chi connectivity index (χ1) is 6.69. The molecule has 0 aromatic rings. The largest absolute Gasteiger partial charge is 0.352 e. The van der Waals surface area contributed by atoms with Gasteiger partial charge in [0, 0.05) is 18.5 Å². The van der Waals surface area contributed by atoms with E-state index in [1.165, 1.54) is 0 Å². The predicted octanol–water partition coefficient (Wildman–Crippen LogP) is 0.390. The molecular formula is C10H17N3O. The lowest BCUT2D eigenvalue weighted by Crippen LogP contribution is -2.41. The molecule has 14 heavy (non-hydrogen) atoms. The summed E-state index contributed by atoms with van der Waals surface area (Å²) in [6.45, 7) is 2.15. The highest BCUT2D eigenvalue weighted by atomic mass is 16.1. The van der Waals surface area contributed by atoms with Crippen molar-refractivity contribution in [2.24, 2.45) is 17.6 Å². The molecular weight excluding hydrogens is 178 g/mol. The average Bonchev–Trinajstić information content (AvgIpc) is 2.63. The first kappa shape index (κ1) is 11.0. The lowest BCUT2D eigenvalue weighted by atomic mass is 10.0. The molecule has 0 saturated heterocycles. The second kappa shape index (κ2) is 4.97. The molecule has 0 radical (unpaired) electrons. The number of rotatable bonds is 3. The summed E-state index contributed by atoms with van der Waals surface area (Å²) in [4.78, 5) is 11.5. The Morgan fingerprint density at radius 3 is 3.00 bits per heavy atom. The molecule has 0 aromatic carbocycles. The molecule has 0 spiro atoms. The minimum absolute atomic E-state index is 0.0103. The highest BCUT2D eigenvalue weighted by Gasteiger charge is 2.29. The number of carbonyl (C=O) groups is 1. The topological polar surface area (TPSA) is 78.9 Å². The van der Waals surface area contributed by atoms with E-state index in [1.807, 2.05) is 0 Å². The van der Waals surface area contributed by atoms with Crippen molar-refractivity contribution in [3.05, 3.63) is 0 Å². The van der Waals surface area contributed by atoms with Crippen molar-refractivity contribution < 1.29 is 4.79 Å². The molecule has 1 aliphatic carbocycles. The monoisotopic (exact) mass is 195 g/mol. The molecule has 1 rings (SSSR count). The Balaban J connectivity index is 2.44. The fourth-order valence-electron chi connectivity index (χ4n) is 1.72. The lowest BCUT2D eigenvalue weighted by molar-refractivity contribution is -0.125. The molecule has 1 saturated carbocycles. The molecule has 4 nitrogen and oxygen atoms in total. The molecule has 3 N–H and O–H groups in total. The Morgan fingerprint density at radius 1 is 1.71 bits per heavy atom. The molecule has 3 unspecified atom stereocenters. The number of amides is 1. The maximum Gasteiger partial charge on any atom is 0.224 e. The number of hydrogen-bond donors (Lipinski definition) is 2. The van der Waals surface area contributed by atoms with Crippen LogP contribution in [-0.2, 0) is 4.79 Å². The summed E-state index contributed by atoms with van der Waals surface area (Å²) in [5.41, 5.74) is 5.39. The van der Waals surface area contributed by atoms with E-state index in [0.717, 1.165) is 19.3 Å². The van der Waals surface area contributed by atoms with Gasteiger partial charge in [-0.1, -0.05) is 6.92 Å². The molecule has 1 aliphatic rings. The molecule has 0 bridgehead atoms. The summed E-state index contributed by atoms with van der Waals surface area (Å²) >= 11 is 0. The highest BCUT2D eigenvalue weighted by Crippen LogP contribution is 2.24. The number of carbonyl (C=O) groups excluding carboxylic acids is 1. The van der Waals surface area contributed by atoms with E-state index in [9.17, 15) is 4.79 Å². The molecule has 4 heteroatoms. The number of nitrogens with zero attached hydrogens (tertiary/aromatic N) is 1. The second-order valence-electron chi connectivity index (χ2n) is 3.92. The van der Waals surface area contributed by atoms with Crippen LogP contribution in [-0.4, -0.2) is 18.5 Å². The molecule has 0 heterocycles. The number of hydrogen-bond acceptors (Lipinski definition) is 3. The van der Waals surface area contributed by atoms with Gasteiger partial charge in [0.05, 0.1) is 12.0 Å². The van der Waals surface area contributed by atoms with Gasteiger partial charge in [0.2, 0.25) is 5.91 Å². The van der Waals surface area contributed by atoms with E-state index in [2.05, 4.69) is 11.4 Å². The summed E-state index contributed by atoms with van der Waals surface area (Å²) in [5.74, 6) is -0.196. The standard InChI is InChI=1S/C10H17N3O/c1-7(5-11)10(14)13-9-4-2-3-8(9)6-12/h7-9H,2-5,11H2,1H3,(H,13,14). The van der Waals surface area contributed by atoms with E-state index < -0.39 is 0 Å². The van der Waals surface area contributed by atoms with Crippen LogP contribution < -0.4 is 11.1 Å². The fraction of sp³-hybridized carbons (Fsp3) is 0.800. The van der Waals surface area contributed by atoms with Crippen molar-refractivity contribution in [2.45, 2.75) is 32.2 Å². The van der Waals surface area contributed by atoms with Crippen molar-refractivity contribution in [1.82, 2.24) is 5.32 Å². The number of nitriles is 1. The van der Waals surface area contributed by atoms with Gasteiger partial charge in [0.15, 0.2) is 0 Å². The van der Waals surface area contributed by atoms with Gasteiger partial charge in [-0.2, -0.15) is 5.26 Å². The molecule has 1 fully saturated rings. The lowest BCUT2D eigenvalue weighted by Gasteiger charge is -2.17. The van der Waals surface area contributed by atoms with Gasteiger partial charge < -0.3 is 11.1 Å². The van der Waals surface area contributed by atoms with Crippen molar-refractivity contribution in [1.29, 1.82) is 5.26 Å². The van der Waals surface area contributed by atoms with Crippen molar-refractivity contribution >= 4 is 5.91 Å². The molecule has 3 atom stereocenters. The van der Waals surface area contributed by atoms with Crippen LogP contribution in [0.1, 0.15) is 26.2 Å². The van der Waals surface area contributed by atoms with E-state index >= 15 is 0 Å². The number of nitrogens with one attached hydrogen (secondary N) is 1. The van der Waals surface area contributed by atoms with Crippen LogP contribution in [0.5, 0.6) is 0 Å². The zero-order valence-corrected chi connectivity index (χ0v) is 8.49. The van der Waals surface area contributed by atoms with Crippen LogP contribution in [0.2, 0.25) is 0 Å². The predicted molar refractivity (Wildman–Crippen MR) is 53.1 cm³/mol. The minimum Gasteiger partial charge on any atom is -0.352 e. The van der Waals surface area contributed by atoms with E-state index in [-0.39, 0.29) is 23.8 Å². The Labute approximate surface area is 84.5 Å². The van der Waals surface area contributed by atoms with Crippen LogP contribution in [0.3, 0.4) is 0 Å². The van der Waals surface area contributed by atoms with Gasteiger partial charge in [0.1, 0.15) is 0 Å². The van der Waals surface area contributed by atoms with Gasteiger partial charge in [0.25, 0.3) is 0 Å². The second-order valence-corrected chi connectivity index (χ2v) is 3.92. The summed E-state index contributed by atoms with van der Waals surface area (Å²) in [5, 5.41) is 11.7. The Morgan fingerprint density at radius 2 is 2.43 bits per heavy atom. The zero-order valence-electron chi connectivity index (χ0n) is 8.49. The normalized spacial score (nSPS) is 28.1. The Bertz CT molecular complexity index is 246. The summed E-state index contributed by atoms with van der Waals surface area (Å²) in [7, 11) is 0. The van der Waals surface area contributed by atoms with Crippen LogP contribution in [0.4, 0.5) is 0 Å². The van der Waals surface area contributed by atoms with Crippen LogP contribution >= 0.6 is 0 Å². The summed E-state index contributed by atoms with van der Waals surface area (Å²) in [6.07, 6.45) is 2.85. The van der Waals surface area contributed by atoms with Gasteiger partial charge in [-0.05, 0) is 19.3 Å². The maximum absolute atomic E-state index is 11.5. The van der Waals surface area contributed by atoms with E-state index in [1.54, 1.807) is 6.92 Å².